The molecule has 1 heterocycles. The summed E-state index contributed by atoms with van der Waals surface area (Å²) < 4.78 is 15.3. The average Bonchev–Trinajstić information content (AvgIpc) is 3.16. The molecule has 1 aromatic rings. The van der Waals surface area contributed by atoms with E-state index in [1.807, 2.05) is 4.90 Å². The quantitative estimate of drug-likeness (QED) is 0.198. The average molecular weight is 559 g/mol. The van der Waals surface area contributed by atoms with E-state index in [1.54, 1.807) is 0 Å². The number of likely N-dealkylation sites (tertiary alicyclic amines) is 1. The molecule has 4 atom stereocenters. The number of carbonyl (C=O) groups excluding carboxylic acids is 4. The van der Waals surface area contributed by atoms with Crippen LogP contribution in [0.15, 0.2) is 23.0 Å². The number of hydrogen-bond donors (Lipinski definition) is 7. The molecule has 0 bridgehead atoms. The summed E-state index contributed by atoms with van der Waals surface area (Å²) >= 11 is 0. The molecule has 0 aromatic heterocycles. The zero-order valence-corrected chi connectivity index (χ0v) is 21.6. The number of halogens is 1. The molecule has 3 aliphatic carbocycles. The predicted octanol–water partition coefficient (Wildman–Crippen LogP) is 0.315. The van der Waals surface area contributed by atoms with Gasteiger partial charge in [0, 0.05) is 23.1 Å². The first kappa shape index (κ1) is 27.7. The van der Waals surface area contributed by atoms with Gasteiger partial charge in [-0.05, 0) is 44.7 Å². The number of rotatable bonds is 4. The Morgan fingerprint density at radius 2 is 1.77 bits per heavy atom. The monoisotopic (exact) mass is 558 g/mol. The van der Waals surface area contributed by atoms with Crippen molar-refractivity contribution in [3.8, 4) is 5.75 Å². The van der Waals surface area contributed by atoms with Gasteiger partial charge in [0.05, 0.1) is 23.8 Å². The molecule has 0 spiro atoms. The van der Waals surface area contributed by atoms with E-state index >= 15 is 4.39 Å². The maximum atomic E-state index is 15.3. The molecule has 2 fully saturated rings. The number of primary amides is 1. The number of nitrogens with one attached hydrogen (secondary N) is 1. The number of aromatic hydroxyl groups is 1. The Morgan fingerprint density at radius 3 is 2.40 bits per heavy atom. The van der Waals surface area contributed by atoms with Crippen LogP contribution in [0.25, 0.3) is 5.76 Å². The lowest BCUT2D eigenvalue weighted by molar-refractivity contribution is -0.149. The van der Waals surface area contributed by atoms with Gasteiger partial charge in [-0.2, -0.15) is 0 Å². The molecular weight excluding hydrogens is 527 g/mol. The SMILES string of the molecule is NC(=O)C1=C(O)[C@@]2(O)C(=O)C3=C(O)c4c(O)c(NC(=O)CN5CCCCCC5)cc(F)c4C[C@H]3C[C@H]2[C@@H](N)C1=O. The van der Waals surface area contributed by atoms with Crippen LogP contribution in [0, 0.1) is 17.7 Å². The molecule has 1 aliphatic heterocycles. The number of amides is 2. The van der Waals surface area contributed by atoms with Crippen LogP contribution in [0.4, 0.5) is 10.1 Å². The Hall–Kier alpha value is -3.81. The smallest absolute Gasteiger partial charge is 0.255 e. The summed E-state index contributed by atoms with van der Waals surface area (Å²) in [5, 5.41) is 46.7. The first-order chi connectivity index (χ1) is 18.9. The highest BCUT2D eigenvalue weighted by atomic mass is 19.1. The number of phenols is 1. The number of Topliss-reactive ketones (excluding diaryl/α,β-unsaturated/α-hetero) is 2. The van der Waals surface area contributed by atoms with Gasteiger partial charge in [0.1, 0.15) is 22.9 Å². The van der Waals surface area contributed by atoms with Crippen molar-refractivity contribution in [3.63, 3.8) is 0 Å². The largest absolute Gasteiger partial charge is 0.508 e. The molecule has 0 radical (unpaired) electrons. The van der Waals surface area contributed by atoms with E-state index in [0.29, 0.717) is 0 Å². The number of fused-ring (bicyclic) bond motifs is 3. The summed E-state index contributed by atoms with van der Waals surface area (Å²) in [5.41, 5.74) is 5.95. The first-order valence-corrected chi connectivity index (χ1v) is 13.2. The highest BCUT2D eigenvalue weighted by Crippen LogP contribution is 2.52. The number of anilines is 1. The molecule has 4 aliphatic rings. The van der Waals surface area contributed by atoms with Gasteiger partial charge in [0.15, 0.2) is 17.1 Å². The first-order valence-electron chi connectivity index (χ1n) is 13.2. The fourth-order valence-corrected chi connectivity index (χ4v) is 6.52. The summed E-state index contributed by atoms with van der Waals surface area (Å²) in [4.78, 5) is 52.8. The van der Waals surface area contributed by atoms with Gasteiger partial charge >= 0.3 is 0 Å². The minimum atomic E-state index is -2.86. The third-order valence-electron chi connectivity index (χ3n) is 8.54. The number of nitrogens with two attached hydrogens (primary N) is 2. The molecule has 9 N–H and O–H groups in total. The second-order valence-corrected chi connectivity index (χ2v) is 10.9. The number of aliphatic hydroxyl groups is 3. The van der Waals surface area contributed by atoms with Crippen LogP contribution in [0.2, 0.25) is 0 Å². The summed E-state index contributed by atoms with van der Waals surface area (Å²) in [5.74, 6) is -10.2. The molecule has 40 heavy (non-hydrogen) atoms. The van der Waals surface area contributed by atoms with Crippen LogP contribution in [0.5, 0.6) is 5.75 Å². The number of phenolic OH excluding ortho intramolecular Hbond substituents is 1. The van der Waals surface area contributed by atoms with Gasteiger partial charge in [-0.1, -0.05) is 12.8 Å². The van der Waals surface area contributed by atoms with E-state index < -0.39 is 86.7 Å². The maximum absolute atomic E-state index is 15.3. The summed E-state index contributed by atoms with van der Waals surface area (Å²) in [6, 6.07) is -0.658. The third-order valence-corrected chi connectivity index (χ3v) is 8.54. The Morgan fingerprint density at radius 1 is 1.12 bits per heavy atom. The number of aliphatic hydroxyl groups excluding tert-OH is 2. The Balaban J connectivity index is 1.53. The van der Waals surface area contributed by atoms with Crippen LogP contribution in [-0.4, -0.2) is 80.0 Å². The number of hydrogen-bond acceptors (Lipinski definition) is 10. The van der Waals surface area contributed by atoms with Crippen molar-refractivity contribution >= 4 is 34.8 Å². The molecule has 1 saturated carbocycles. The van der Waals surface area contributed by atoms with Crippen molar-refractivity contribution in [1.29, 1.82) is 0 Å². The topological polar surface area (TPSA) is 217 Å². The Bertz CT molecular complexity index is 1400. The lowest BCUT2D eigenvalue weighted by Gasteiger charge is -2.48. The number of benzene rings is 1. The van der Waals surface area contributed by atoms with Gasteiger partial charge in [-0.3, -0.25) is 24.1 Å². The van der Waals surface area contributed by atoms with Crippen molar-refractivity contribution in [2.75, 3.05) is 25.0 Å². The highest BCUT2D eigenvalue weighted by Gasteiger charge is 2.63. The van der Waals surface area contributed by atoms with Crippen LogP contribution >= 0.6 is 0 Å². The molecule has 1 saturated heterocycles. The van der Waals surface area contributed by atoms with E-state index in [2.05, 4.69) is 5.32 Å². The molecule has 0 unspecified atom stereocenters. The van der Waals surface area contributed by atoms with Crippen LogP contribution in [0.1, 0.15) is 43.2 Å². The molecule has 13 heteroatoms. The van der Waals surface area contributed by atoms with E-state index in [-0.39, 0.29) is 30.6 Å². The van der Waals surface area contributed by atoms with Crippen LogP contribution < -0.4 is 16.8 Å². The van der Waals surface area contributed by atoms with E-state index in [4.69, 9.17) is 11.5 Å². The number of carbonyl (C=O) groups is 4. The normalized spacial score (nSPS) is 28.9. The van der Waals surface area contributed by atoms with Gasteiger partial charge in [-0.15, -0.1) is 0 Å². The zero-order chi connectivity index (χ0) is 29.1. The summed E-state index contributed by atoms with van der Waals surface area (Å²) in [6.45, 7) is 1.48. The molecular formula is C27H31FN4O8. The fraction of sp³-hybridized carbons (Fsp3) is 0.481. The van der Waals surface area contributed by atoms with Crippen molar-refractivity contribution < 1.29 is 44.0 Å². The minimum absolute atomic E-state index is 0.0208. The van der Waals surface area contributed by atoms with Gasteiger partial charge in [0.2, 0.25) is 11.7 Å². The van der Waals surface area contributed by atoms with E-state index in [9.17, 15) is 39.6 Å². The van der Waals surface area contributed by atoms with Crippen molar-refractivity contribution in [2.45, 2.75) is 50.2 Å². The summed E-state index contributed by atoms with van der Waals surface area (Å²) in [7, 11) is 0. The maximum Gasteiger partial charge on any atom is 0.255 e. The van der Waals surface area contributed by atoms with E-state index in [1.165, 1.54) is 0 Å². The Kier molecular flexibility index (Phi) is 6.92. The molecule has 12 nitrogen and oxygen atoms in total. The Labute approximate surface area is 228 Å². The molecule has 1 aromatic carbocycles. The van der Waals surface area contributed by atoms with Crippen LogP contribution in [-0.2, 0) is 25.6 Å². The lowest BCUT2D eigenvalue weighted by Crippen LogP contribution is -2.65. The van der Waals surface area contributed by atoms with Crippen molar-refractivity contribution in [1.82, 2.24) is 4.90 Å². The second kappa shape index (κ2) is 9.98. The van der Waals surface area contributed by atoms with Crippen molar-refractivity contribution in [3.05, 3.63) is 39.9 Å². The van der Waals surface area contributed by atoms with Gasteiger partial charge in [0.25, 0.3) is 5.91 Å². The second-order valence-electron chi connectivity index (χ2n) is 10.9. The minimum Gasteiger partial charge on any atom is -0.508 e. The standard InChI is InChI=1S/C27H31FN4O8/c28-14-9-15(31-16(33)10-32-5-3-1-2-4-6-32)21(34)18-12(14)7-11-8-13-20(29)23(36)19(26(30)39)25(38)27(13,40)24(37)17(11)22(18)35/h9,11,13,20,34-35,38,40H,1-8,10,29H2,(H2,30,39)(H,31,33)/t11-,13-,20+,27-/m0/s1. The highest BCUT2D eigenvalue weighted by molar-refractivity contribution is 6.24. The van der Waals surface area contributed by atoms with Gasteiger partial charge in [-0.25, -0.2) is 4.39 Å². The summed E-state index contributed by atoms with van der Waals surface area (Å²) in [6.07, 6.45) is 3.57. The molecule has 2 amide bonds. The fourth-order valence-electron chi connectivity index (χ4n) is 6.52. The van der Waals surface area contributed by atoms with Crippen molar-refractivity contribution in [2.24, 2.45) is 23.3 Å². The molecule has 5 rings (SSSR count). The van der Waals surface area contributed by atoms with E-state index in [0.717, 1.165) is 44.8 Å². The number of nitrogens with zero attached hydrogens (tertiary/aromatic N) is 1. The zero-order valence-electron chi connectivity index (χ0n) is 21.6. The number of ketones is 2. The third kappa shape index (κ3) is 4.16. The van der Waals surface area contributed by atoms with Crippen LogP contribution in [0.3, 0.4) is 0 Å². The molecule has 214 valence electrons. The lowest BCUT2D eigenvalue weighted by atomic mass is 9.58. The predicted molar refractivity (Wildman–Crippen MR) is 138 cm³/mol. The van der Waals surface area contributed by atoms with Gasteiger partial charge < -0.3 is 37.2 Å².